The summed E-state index contributed by atoms with van der Waals surface area (Å²) in [5.74, 6) is 1.57. The molecule has 7 heteroatoms. The molecule has 140 valence electrons. The van der Waals surface area contributed by atoms with Crippen molar-refractivity contribution in [3.05, 3.63) is 52.2 Å². The number of ether oxygens (including phenoxy) is 1. The number of rotatable bonds is 9. The number of aliphatic imine (C=N–C) groups is 1. The molecule has 1 aromatic heterocycles. The molecule has 1 aromatic carbocycles. The van der Waals surface area contributed by atoms with Crippen LogP contribution in [-0.2, 0) is 0 Å². The second-order valence-electron chi connectivity index (χ2n) is 5.67. The maximum atomic E-state index is 11.8. The predicted molar refractivity (Wildman–Crippen MR) is 107 cm³/mol. The minimum absolute atomic E-state index is 0.0178. The summed E-state index contributed by atoms with van der Waals surface area (Å²) in [6, 6.07) is 11.7. The van der Waals surface area contributed by atoms with Crippen molar-refractivity contribution in [3.8, 4) is 5.75 Å². The van der Waals surface area contributed by atoms with Gasteiger partial charge in [-0.3, -0.25) is 9.79 Å². The molecule has 2 rings (SSSR count). The average Bonchev–Trinajstić information content (AvgIpc) is 3.19. The van der Waals surface area contributed by atoms with Gasteiger partial charge >= 0.3 is 0 Å². The molecule has 0 atom stereocenters. The largest absolute Gasteiger partial charge is 0.492 e. The Morgan fingerprint density at radius 3 is 2.50 bits per heavy atom. The maximum absolute atomic E-state index is 11.8. The standard InChI is InChI=1S/C19H26N4O2S/c1-15-6-8-16(9-7-15)25-13-12-23-19(20-2)22-11-4-10-21-18(24)17-5-3-14-26-17/h3,5-9,14H,4,10-13H2,1-2H3,(H,21,24)(H2,20,22,23). The Labute approximate surface area is 158 Å². The molecule has 0 fully saturated rings. The van der Waals surface area contributed by atoms with E-state index in [9.17, 15) is 4.79 Å². The first kappa shape index (κ1) is 19.8. The van der Waals surface area contributed by atoms with E-state index in [2.05, 4.69) is 27.9 Å². The van der Waals surface area contributed by atoms with Crippen LogP contribution >= 0.6 is 11.3 Å². The molecule has 0 radical (unpaired) electrons. The van der Waals surface area contributed by atoms with E-state index in [0.717, 1.165) is 29.6 Å². The SMILES string of the molecule is CN=C(NCCCNC(=O)c1cccs1)NCCOc1ccc(C)cc1. The number of hydrogen-bond acceptors (Lipinski definition) is 4. The van der Waals surface area contributed by atoms with Crippen molar-refractivity contribution in [2.24, 2.45) is 4.99 Å². The topological polar surface area (TPSA) is 74.8 Å². The Morgan fingerprint density at radius 1 is 1.08 bits per heavy atom. The number of nitrogens with one attached hydrogen (secondary N) is 3. The summed E-state index contributed by atoms with van der Waals surface area (Å²) in [6.45, 7) is 4.61. The Morgan fingerprint density at radius 2 is 1.81 bits per heavy atom. The molecular weight excluding hydrogens is 348 g/mol. The van der Waals surface area contributed by atoms with Crippen LogP contribution in [0.3, 0.4) is 0 Å². The zero-order valence-corrected chi connectivity index (χ0v) is 16.1. The lowest BCUT2D eigenvalue weighted by molar-refractivity contribution is 0.0957. The summed E-state index contributed by atoms with van der Waals surface area (Å²) in [4.78, 5) is 16.7. The van der Waals surface area contributed by atoms with Crippen LogP contribution in [0.15, 0.2) is 46.8 Å². The number of thiophene rings is 1. The monoisotopic (exact) mass is 374 g/mol. The first-order valence-corrected chi connectivity index (χ1v) is 9.52. The van der Waals surface area contributed by atoms with Gasteiger partial charge in [0.1, 0.15) is 12.4 Å². The predicted octanol–water partition coefficient (Wildman–Crippen LogP) is 2.42. The van der Waals surface area contributed by atoms with Gasteiger partial charge in [0, 0.05) is 20.1 Å². The van der Waals surface area contributed by atoms with E-state index in [-0.39, 0.29) is 5.91 Å². The number of hydrogen-bond donors (Lipinski definition) is 3. The van der Waals surface area contributed by atoms with Crippen molar-refractivity contribution < 1.29 is 9.53 Å². The second-order valence-corrected chi connectivity index (χ2v) is 6.62. The fourth-order valence-electron chi connectivity index (χ4n) is 2.19. The van der Waals surface area contributed by atoms with Crippen LogP contribution in [0.1, 0.15) is 21.7 Å². The molecule has 0 saturated carbocycles. The molecule has 1 amide bonds. The van der Waals surface area contributed by atoms with Gasteiger partial charge in [-0.1, -0.05) is 23.8 Å². The number of carbonyl (C=O) groups is 1. The van der Waals surface area contributed by atoms with Crippen LogP contribution in [0.2, 0.25) is 0 Å². The third kappa shape index (κ3) is 7.14. The molecule has 0 spiro atoms. The van der Waals surface area contributed by atoms with E-state index >= 15 is 0 Å². The highest BCUT2D eigenvalue weighted by Crippen LogP contribution is 2.10. The minimum Gasteiger partial charge on any atom is -0.492 e. The Hall–Kier alpha value is -2.54. The number of carbonyl (C=O) groups excluding carboxylic acids is 1. The molecule has 3 N–H and O–H groups in total. The van der Waals surface area contributed by atoms with Gasteiger partial charge in [-0.25, -0.2) is 0 Å². The highest BCUT2D eigenvalue weighted by Gasteiger charge is 2.04. The number of amides is 1. The van der Waals surface area contributed by atoms with Crippen molar-refractivity contribution in [1.82, 2.24) is 16.0 Å². The van der Waals surface area contributed by atoms with Gasteiger partial charge in [0.05, 0.1) is 11.4 Å². The van der Waals surface area contributed by atoms with E-state index in [4.69, 9.17) is 4.74 Å². The first-order chi connectivity index (χ1) is 12.7. The highest BCUT2D eigenvalue weighted by molar-refractivity contribution is 7.12. The lowest BCUT2D eigenvalue weighted by Crippen LogP contribution is -2.40. The Kier molecular flexibility index (Phi) is 8.48. The molecule has 0 unspecified atom stereocenters. The summed E-state index contributed by atoms with van der Waals surface area (Å²) in [5, 5.41) is 11.2. The minimum atomic E-state index is -0.0178. The molecular formula is C19H26N4O2S. The number of benzene rings is 1. The molecule has 0 aliphatic rings. The van der Waals surface area contributed by atoms with Crippen molar-refractivity contribution in [3.63, 3.8) is 0 Å². The lowest BCUT2D eigenvalue weighted by atomic mass is 10.2. The fraction of sp³-hybridized carbons (Fsp3) is 0.368. The van der Waals surface area contributed by atoms with Gasteiger partial charge < -0.3 is 20.7 Å². The van der Waals surface area contributed by atoms with Gasteiger partial charge in [-0.15, -0.1) is 11.3 Å². The van der Waals surface area contributed by atoms with Crippen LogP contribution in [0, 0.1) is 6.92 Å². The Bertz CT molecular complexity index is 684. The van der Waals surface area contributed by atoms with Crippen molar-refractivity contribution in [2.45, 2.75) is 13.3 Å². The van der Waals surface area contributed by atoms with E-state index < -0.39 is 0 Å². The van der Waals surface area contributed by atoms with Crippen LogP contribution < -0.4 is 20.7 Å². The third-order valence-corrected chi connectivity index (χ3v) is 4.45. The number of guanidine groups is 1. The summed E-state index contributed by atoms with van der Waals surface area (Å²) in [6.07, 6.45) is 0.817. The number of aryl methyl sites for hydroxylation is 1. The van der Waals surface area contributed by atoms with Gasteiger partial charge in [0.15, 0.2) is 5.96 Å². The van der Waals surface area contributed by atoms with E-state index in [1.165, 1.54) is 16.9 Å². The molecule has 0 aliphatic heterocycles. The van der Waals surface area contributed by atoms with Crippen LogP contribution in [-0.4, -0.2) is 45.2 Å². The molecule has 0 saturated heterocycles. The molecule has 2 aromatic rings. The lowest BCUT2D eigenvalue weighted by Gasteiger charge is -2.12. The molecule has 0 bridgehead atoms. The van der Waals surface area contributed by atoms with Crippen LogP contribution in [0.4, 0.5) is 0 Å². The quantitative estimate of drug-likeness (QED) is 0.358. The molecule has 26 heavy (non-hydrogen) atoms. The third-order valence-electron chi connectivity index (χ3n) is 3.58. The van der Waals surface area contributed by atoms with E-state index in [1.807, 2.05) is 41.8 Å². The fourth-order valence-corrected chi connectivity index (χ4v) is 2.83. The van der Waals surface area contributed by atoms with Gasteiger partial charge in [-0.2, -0.15) is 0 Å². The van der Waals surface area contributed by atoms with Gasteiger partial charge in [-0.05, 0) is 36.9 Å². The zero-order valence-electron chi connectivity index (χ0n) is 15.2. The number of nitrogens with zero attached hydrogens (tertiary/aromatic N) is 1. The highest BCUT2D eigenvalue weighted by atomic mass is 32.1. The maximum Gasteiger partial charge on any atom is 0.261 e. The first-order valence-electron chi connectivity index (χ1n) is 8.64. The summed E-state index contributed by atoms with van der Waals surface area (Å²) in [7, 11) is 1.73. The summed E-state index contributed by atoms with van der Waals surface area (Å²) < 4.78 is 5.67. The van der Waals surface area contributed by atoms with E-state index in [0.29, 0.717) is 19.7 Å². The normalized spacial score (nSPS) is 11.1. The summed E-state index contributed by atoms with van der Waals surface area (Å²) >= 11 is 1.44. The Balaban J connectivity index is 1.53. The smallest absolute Gasteiger partial charge is 0.261 e. The van der Waals surface area contributed by atoms with Crippen LogP contribution in [0.5, 0.6) is 5.75 Å². The zero-order chi connectivity index (χ0) is 18.6. The molecule has 0 aliphatic carbocycles. The van der Waals surface area contributed by atoms with Crippen molar-refractivity contribution in [1.29, 1.82) is 0 Å². The van der Waals surface area contributed by atoms with Crippen molar-refractivity contribution >= 4 is 23.2 Å². The summed E-state index contributed by atoms with van der Waals surface area (Å²) in [5.41, 5.74) is 1.21. The molecule has 1 heterocycles. The molecule has 6 nitrogen and oxygen atoms in total. The van der Waals surface area contributed by atoms with Crippen molar-refractivity contribution in [2.75, 3.05) is 33.3 Å². The second kappa shape index (κ2) is 11.1. The van der Waals surface area contributed by atoms with Crippen LogP contribution in [0.25, 0.3) is 0 Å². The van der Waals surface area contributed by atoms with E-state index in [1.54, 1.807) is 7.05 Å². The van der Waals surface area contributed by atoms with Gasteiger partial charge in [0.25, 0.3) is 5.91 Å². The van der Waals surface area contributed by atoms with Gasteiger partial charge in [0.2, 0.25) is 0 Å². The average molecular weight is 375 g/mol.